The van der Waals surface area contributed by atoms with Crippen LogP contribution in [0.2, 0.25) is 0 Å². The quantitative estimate of drug-likeness (QED) is 0.385. The van der Waals surface area contributed by atoms with Crippen LogP contribution in [0, 0.1) is 0 Å². The SMILES string of the molecule is C1=[N+]2c3cscc3[N+]3=Cc4cc5c6c(c4OC23Oc2c1cc1c3c2CCCN3CCC1)CCCN6CCC5. The zero-order valence-corrected chi connectivity index (χ0v) is 22.3. The fourth-order valence-electron chi connectivity index (χ4n) is 8.27. The molecule has 7 aliphatic rings. The van der Waals surface area contributed by atoms with Gasteiger partial charge in [-0.05, 0) is 83.8 Å². The van der Waals surface area contributed by atoms with E-state index in [1.165, 1.54) is 70.4 Å². The molecule has 2 aromatic carbocycles. The number of rotatable bonds is 0. The lowest BCUT2D eigenvalue weighted by atomic mass is 9.88. The number of benzene rings is 2. The predicted molar refractivity (Wildman–Crippen MR) is 149 cm³/mol. The number of thiophene rings is 1. The Morgan fingerprint density at radius 1 is 0.658 bits per heavy atom. The molecule has 7 heteroatoms. The van der Waals surface area contributed by atoms with Crippen molar-refractivity contribution in [1.29, 1.82) is 0 Å². The third-order valence-electron chi connectivity index (χ3n) is 9.76. The third kappa shape index (κ3) is 2.41. The molecular weight excluding hydrogens is 492 g/mol. The van der Waals surface area contributed by atoms with Gasteiger partial charge in [-0.2, -0.15) is 0 Å². The molecule has 8 heterocycles. The van der Waals surface area contributed by atoms with E-state index in [2.05, 4.69) is 54.3 Å². The molecule has 190 valence electrons. The van der Waals surface area contributed by atoms with Crippen LogP contribution in [-0.4, -0.2) is 53.8 Å². The Morgan fingerprint density at radius 2 is 1.13 bits per heavy atom. The van der Waals surface area contributed by atoms with Crippen LogP contribution in [-0.2, 0) is 25.7 Å². The zero-order chi connectivity index (χ0) is 24.6. The predicted octanol–water partition coefficient (Wildman–Crippen LogP) is 5.08. The van der Waals surface area contributed by atoms with Gasteiger partial charge in [-0.3, -0.25) is 0 Å². The Hall–Kier alpha value is -3.32. The van der Waals surface area contributed by atoms with Gasteiger partial charge in [0, 0.05) is 48.7 Å². The van der Waals surface area contributed by atoms with E-state index >= 15 is 0 Å². The topological polar surface area (TPSA) is 31.0 Å². The van der Waals surface area contributed by atoms with Crippen LogP contribution in [0.15, 0.2) is 22.9 Å². The van der Waals surface area contributed by atoms with Gasteiger partial charge >= 0.3 is 17.4 Å². The average Bonchev–Trinajstić information content (AvgIpc) is 3.52. The number of ether oxygens (including phenoxy) is 2. The van der Waals surface area contributed by atoms with E-state index in [-0.39, 0.29) is 0 Å². The Morgan fingerprint density at radius 3 is 1.63 bits per heavy atom. The van der Waals surface area contributed by atoms with E-state index in [1.54, 1.807) is 11.3 Å². The van der Waals surface area contributed by atoms with Crippen molar-refractivity contribution in [2.24, 2.45) is 0 Å². The number of hydrogen-bond donors (Lipinski definition) is 0. The van der Waals surface area contributed by atoms with E-state index < -0.39 is 6.03 Å². The minimum atomic E-state index is -1.05. The van der Waals surface area contributed by atoms with Gasteiger partial charge in [0.15, 0.2) is 23.9 Å². The van der Waals surface area contributed by atoms with Crippen LogP contribution in [0.1, 0.15) is 59.1 Å². The lowest BCUT2D eigenvalue weighted by Crippen LogP contribution is -2.59. The summed E-state index contributed by atoms with van der Waals surface area (Å²) in [5, 5.41) is 4.48. The Labute approximate surface area is 226 Å². The molecule has 0 amide bonds. The Balaban J connectivity index is 1.22. The van der Waals surface area contributed by atoms with Gasteiger partial charge in [0.2, 0.25) is 0 Å². The van der Waals surface area contributed by atoms with Crippen LogP contribution in [0.3, 0.4) is 0 Å². The maximum Gasteiger partial charge on any atom is 0.715 e. The van der Waals surface area contributed by atoms with Gasteiger partial charge in [-0.1, -0.05) is 0 Å². The van der Waals surface area contributed by atoms with Crippen molar-refractivity contribution in [1.82, 2.24) is 0 Å². The smallest absolute Gasteiger partial charge is 0.371 e. The summed E-state index contributed by atoms with van der Waals surface area (Å²) >= 11 is 1.74. The molecule has 6 nitrogen and oxygen atoms in total. The second-order valence-electron chi connectivity index (χ2n) is 11.8. The fraction of sp³-hybridized carbons (Fsp3) is 0.419. The van der Waals surface area contributed by atoms with Gasteiger partial charge in [-0.15, -0.1) is 11.3 Å². The maximum absolute atomic E-state index is 7.24. The third-order valence-corrected chi connectivity index (χ3v) is 10.5. The molecule has 0 radical (unpaired) electrons. The standard InChI is InChI=1S/C31H30N4O2S/c1-5-19-13-21-15-34-25-17-38-18-26(25)35-16-22-14-20-6-2-10-33-12-4-8-24(28(20)33)30(22)37-31(34,35)36-29(21)23-7-3-11-32(9-1)27(19)23/h13-18H,1-12H2/q+2. The van der Waals surface area contributed by atoms with Crippen molar-refractivity contribution in [3.05, 3.63) is 56.3 Å². The van der Waals surface area contributed by atoms with Crippen LogP contribution in [0.5, 0.6) is 11.5 Å². The molecule has 0 aliphatic carbocycles. The highest BCUT2D eigenvalue weighted by Crippen LogP contribution is 2.54. The lowest BCUT2D eigenvalue weighted by Gasteiger charge is -2.40. The van der Waals surface area contributed by atoms with Crippen molar-refractivity contribution in [2.45, 2.75) is 57.4 Å². The number of nitrogens with zero attached hydrogens (tertiary/aromatic N) is 4. The number of fused-ring (bicyclic) bond motifs is 7. The first-order valence-electron chi connectivity index (χ1n) is 14.4. The molecule has 0 N–H and O–H groups in total. The summed E-state index contributed by atoms with van der Waals surface area (Å²) in [5.41, 5.74) is 13.3. The number of hydrogen-bond acceptors (Lipinski definition) is 5. The molecule has 3 aromatic rings. The second kappa shape index (κ2) is 7.00. The highest BCUT2D eigenvalue weighted by Gasteiger charge is 2.73. The van der Waals surface area contributed by atoms with Gasteiger partial charge in [0.1, 0.15) is 0 Å². The summed E-state index contributed by atoms with van der Waals surface area (Å²) in [6, 6.07) is 3.74. The van der Waals surface area contributed by atoms with Crippen molar-refractivity contribution in [3.63, 3.8) is 0 Å². The first kappa shape index (κ1) is 20.6. The minimum Gasteiger partial charge on any atom is -0.371 e. The summed E-state index contributed by atoms with van der Waals surface area (Å²) in [7, 11) is 0. The summed E-state index contributed by atoms with van der Waals surface area (Å²) in [6.45, 7) is 4.63. The van der Waals surface area contributed by atoms with E-state index in [1.807, 2.05) is 0 Å². The molecule has 10 rings (SSSR count). The van der Waals surface area contributed by atoms with Crippen LogP contribution < -0.4 is 19.3 Å². The summed E-state index contributed by atoms with van der Waals surface area (Å²) in [5.74, 6) is 2.05. The maximum atomic E-state index is 7.24. The van der Waals surface area contributed by atoms with Gasteiger partial charge in [0.05, 0.1) is 21.9 Å². The largest absolute Gasteiger partial charge is 0.715 e. The molecule has 1 aromatic heterocycles. The molecule has 0 atom stereocenters. The van der Waals surface area contributed by atoms with Gasteiger partial charge in [-0.25, -0.2) is 0 Å². The monoisotopic (exact) mass is 522 g/mol. The van der Waals surface area contributed by atoms with Crippen LogP contribution >= 0.6 is 11.3 Å². The molecule has 0 saturated carbocycles. The molecule has 1 spiro atoms. The minimum absolute atomic E-state index is 1.02. The van der Waals surface area contributed by atoms with E-state index in [9.17, 15) is 0 Å². The molecule has 0 unspecified atom stereocenters. The highest BCUT2D eigenvalue weighted by atomic mass is 32.1. The molecular formula is C31H30N4O2S+2. The Kier molecular flexibility index (Phi) is 3.80. The van der Waals surface area contributed by atoms with E-state index in [0.29, 0.717) is 0 Å². The van der Waals surface area contributed by atoms with Crippen LogP contribution in [0.25, 0.3) is 0 Å². The van der Waals surface area contributed by atoms with Crippen molar-refractivity contribution < 1.29 is 18.6 Å². The lowest BCUT2D eigenvalue weighted by molar-refractivity contribution is -0.831. The number of anilines is 2. The molecule has 0 saturated heterocycles. The normalized spacial score (nSPS) is 22.3. The summed E-state index contributed by atoms with van der Waals surface area (Å²) < 4.78 is 19.0. The summed E-state index contributed by atoms with van der Waals surface area (Å²) in [4.78, 5) is 5.20. The molecule has 0 bridgehead atoms. The number of aryl methyl sites for hydroxylation is 2. The zero-order valence-electron chi connectivity index (χ0n) is 21.5. The highest BCUT2D eigenvalue weighted by molar-refractivity contribution is 7.08. The fourth-order valence-corrected chi connectivity index (χ4v) is 9.07. The molecule has 0 fully saturated rings. The first-order chi connectivity index (χ1) is 18.8. The average molecular weight is 523 g/mol. The van der Waals surface area contributed by atoms with Crippen molar-refractivity contribution >= 4 is 46.5 Å². The summed E-state index contributed by atoms with van der Waals surface area (Å²) in [6.07, 6.45) is 13.9. The van der Waals surface area contributed by atoms with Crippen LogP contribution in [0.4, 0.5) is 22.7 Å². The molecule has 7 aliphatic heterocycles. The first-order valence-corrected chi connectivity index (χ1v) is 15.3. The van der Waals surface area contributed by atoms with Crippen molar-refractivity contribution in [3.8, 4) is 11.5 Å². The van der Waals surface area contributed by atoms with Crippen molar-refractivity contribution in [2.75, 3.05) is 36.0 Å². The van der Waals surface area contributed by atoms with Gasteiger partial charge in [0.25, 0.3) is 0 Å². The second-order valence-corrected chi connectivity index (χ2v) is 12.6. The van der Waals surface area contributed by atoms with Gasteiger partial charge < -0.3 is 19.3 Å². The Bertz CT molecular complexity index is 1540. The van der Waals surface area contributed by atoms with E-state index in [0.717, 1.165) is 74.7 Å². The van der Waals surface area contributed by atoms with E-state index in [4.69, 9.17) is 9.47 Å². The molecule has 38 heavy (non-hydrogen) atoms.